The van der Waals surface area contributed by atoms with Crippen molar-refractivity contribution in [3.8, 4) is 0 Å². The number of pyridine rings is 1. The van der Waals surface area contributed by atoms with Gasteiger partial charge in [0, 0.05) is 11.8 Å². The van der Waals surface area contributed by atoms with Gasteiger partial charge in [0.15, 0.2) is 0 Å². The lowest BCUT2D eigenvalue weighted by Gasteiger charge is -2.23. The third kappa shape index (κ3) is 2.62. The summed E-state index contributed by atoms with van der Waals surface area (Å²) in [6.07, 6.45) is 8.29. The molecule has 1 heterocycles. The van der Waals surface area contributed by atoms with Crippen LogP contribution in [0, 0.1) is 10.1 Å². The van der Waals surface area contributed by atoms with Crippen LogP contribution < -0.4 is 0 Å². The van der Waals surface area contributed by atoms with E-state index in [1.54, 1.807) is 6.07 Å². The van der Waals surface area contributed by atoms with Gasteiger partial charge in [0.1, 0.15) is 6.20 Å². The van der Waals surface area contributed by atoms with E-state index in [0.717, 1.165) is 30.5 Å². The molecule has 17 heavy (non-hydrogen) atoms. The summed E-state index contributed by atoms with van der Waals surface area (Å²) in [5.74, 6) is 0.478. The summed E-state index contributed by atoms with van der Waals surface area (Å²) in [5.41, 5.74) is 2.27. The van der Waals surface area contributed by atoms with E-state index < -0.39 is 0 Å². The van der Waals surface area contributed by atoms with E-state index in [4.69, 9.17) is 0 Å². The predicted octanol–water partition coefficient (Wildman–Crippen LogP) is 3.60. The number of hydrogen-bond donors (Lipinski definition) is 0. The molecule has 0 bridgehead atoms. The van der Waals surface area contributed by atoms with Crippen LogP contribution in [0.2, 0.25) is 0 Å². The van der Waals surface area contributed by atoms with Gasteiger partial charge in [-0.15, -0.1) is 0 Å². The van der Waals surface area contributed by atoms with Crippen molar-refractivity contribution in [1.82, 2.24) is 4.98 Å². The molecular formula is C13H18N2O2. The van der Waals surface area contributed by atoms with Crippen LogP contribution in [0.4, 0.5) is 5.69 Å². The van der Waals surface area contributed by atoms with Gasteiger partial charge in [-0.05, 0) is 30.7 Å². The van der Waals surface area contributed by atoms with Crippen LogP contribution >= 0.6 is 0 Å². The van der Waals surface area contributed by atoms with Gasteiger partial charge in [-0.3, -0.25) is 15.1 Å². The number of aryl methyl sites for hydroxylation is 1. The Morgan fingerprint density at radius 3 is 2.71 bits per heavy atom. The van der Waals surface area contributed by atoms with Crippen LogP contribution in [-0.2, 0) is 6.42 Å². The minimum atomic E-state index is -0.348. The highest BCUT2D eigenvalue weighted by Gasteiger charge is 2.21. The average Bonchev–Trinajstić information content (AvgIpc) is 2.39. The number of nitro groups is 1. The van der Waals surface area contributed by atoms with E-state index >= 15 is 0 Å². The molecule has 1 saturated carbocycles. The summed E-state index contributed by atoms with van der Waals surface area (Å²) in [7, 11) is 0. The zero-order valence-corrected chi connectivity index (χ0v) is 10.2. The first-order chi connectivity index (χ1) is 8.22. The van der Waals surface area contributed by atoms with Gasteiger partial charge >= 0.3 is 0 Å². The van der Waals surface area contributed by atoms with E-state index in [-0.39, 0.29) is 10.6 Å². The fourth-order valence-corrected chi connectivity index (χ4v) is 2.66. The molecule has 4 nitrogen and oxygen atoms in total. The smallest absolute Gasteiger partial charge is 0.258 e. The van der Waals surface area contributed by atoms with Crippen molar-refractivity contribution in [3.05, 3.63) is 33.6 Å². The Hall–Kier alpha value is -1.45. The minimum Gasteiger partial charge on any atom is -0.258 e. The molecule has 2 rings (SSSR count). The summed E-state index contributed by atoms with van der Waals surface area (Å²) in [6, 6.07) is 1.74. The zero-order chi connectivity index (χ0) is 12.3. The molecule has 0 aliphatic heterocycles. The summed E-state index contributed by atoms with van der Waals surface area (Å²) < 4.78 is 0. The van der Waals surface area contributed by atoms with E-state index in [0.29, 0.717) is 5.92 Å². The van der Waals surface area contributed by atoms with Crippen molar-refractivity contribution in [2.75, 3.05) is 0 Å². The Labute approximate surface area is 101 Å². The highest BCUT2D eigenvalue weighted by Crippen LogP contribution is 2.35. The summed E-state index contributed by atoms with van der Waals surface area (Å²) >= 11 is 0. The zero-order valence-electron chi connectivity index (χ0n) is 10.2. The molecule has 0 atom stereocenters. The molecular weight excluding hydrogens is 216 g/mol. The van der Waals surface area contributed by atoms with Crippen molar-refractivity contribution >= 4 is 5.69 Å². The van der Waals surface area contributed by atoms with Crippen LogP contribution in [0.5, 0.6) is 0 Å². The molecule has 1 aromatic heterocycles. The predicted molar refractivity (Wildman–Crippen MR) is 66.1 cm³/mol. The van der Waals surface area contributed by atoms with E-state index in [1.807, 2.05) is 0 Å². The molecule has 92 valence electrons. The molecule has 1 aliphatic carbocycles. The third-order valence-corrected chi connectivity index (χ3v) is 3.58. The van der Waals surface area contributed by atoms with Crippen molar-refractivity contribution in [2.24, 2.45) is 0 Å². The Bertz CT molecular complexity index is 412. The Morgan fingerprint density at radius 1 is 1.41 bits per heavy atom. The maximum Gasteiger partial charge on any atom is 0.287 e. The highest BCUT2D eigenvalue weighted by molar-refractivity contribution is 5.36. The van der Waals surface area contributed by atoms with Crippen molar-refractivity contribution < 1.29 is 4.92 Å². The van der Waals surface area contributed by atoms with E-state index in [1.165, 1.54) is 25.5 Å². The quantitative estimate of drug-likeness (QED) is 0.593. The van der Waals surface area contributed by atoms with Gasteiger partial charge in [-0.25, -0.2) is 0 Å². The first-order valence-electron chi connectivity index (χ1n) is 6.35. The molecule has 0 amide bonds. The third-order valence-electron chi connectivity index (χ3n) is 3.58. The lowest BCUT2D eigenvalue weighted by atomic mass is 9.83. The number of aromatic nitrogens is 1. The van der Waals surface area contributed by atoms with Crippen molar-refractivity contribution in [2.45, 2.75) is 51.4 Å². The first kappa shape index (κ1) is 12.0. The second-order valence-corrected chi connectivity index (χ2v) is 4.68. The molecule has 0 unspecified atom stereocenters. The molecule has 4 heteroatoms. The largest absolute Gasteiger partial charge is 0.287 e. The number of rotatable bonds is 3. The molecule has 0 aromatic carbocycles. The lowest BCUT2D eigenvalue weighted by Crippen LogP contribution is -2.09. The van der Waals surface area contributed by atoms with Gasteiger partial charge in [0.05, 0.1) is 4.92 Å². The topological polar surface area (TPSA) is 56.0 Å². The fourth-order valence-electron chi connectivity index (χ4n) is 2.66. The highest BCUT2D eigenvalue weighted by atomic mass is 16.6. The van der Waals surface area contributed by atoms with Gasteiger partial charge < -0.3 is 0 Å². The maximum absolute atomic E-state index is 10.8. The van der Waals surface area contributed by atoms with Gasteiger partial charge in [0.2, 0.25) is 0 Å². The summed E-state index contributed by atoms with van der Waals surface area (Å²) in [5, 5.41) is 10.8. The molecule has 1 aromatic rings. The Balaban J connectivity index is 2.34. The second kappa shape index (κ2) is 5.25. The van der Waals surface area contributed by atoms with Crippen molar-refractivity contribution in [3.63, 3.8) is 0 Å². The van der Waals surface area contributed by atoms with Gasteiger partial charge in [0.25, 0.3) is 5.69 Å². The van der Waals surface area contributed by atoms with E-state index in [9.17, 15) is 10.1 Å². The lowest BCUT2D eigenvalue weighted by molar-refractivity contribution is -0.385. The van der Waals surface area contributed by atoms with Crippen LogP contribution in [0.3, 0.4) is 0 Å². The molecule has 1 aliphatic rings. The number of nitrogens with zero attached hydrogens (tertiary/aromatic N) is 2. The van der Waals surface area contributed by atoms with Crippen LogP contribution in [0.15, 0.2) is 12.3 Å². The van der Waals surface area contributed by atoms with Crippen molar-refractivity contribution in [1.29, 1.82) is 0 Å². The first-order valence-corrected chi connectivity index (χ1v) is 6.35. The standard InChI is InChI=1S/C13H18N2O2/c1-2-13-12(10-6-4-3-5-7-10)8-11(9-14-13)15(16)17/h8-10H,2-7H2,1H3. The number of hydrogen-bond acceptors (Lipinski definition) is 3. The molecule has 0 radical (unpaired) electrons. The van der Waals surface area contributed by atoms with Gasteiger partial charge in [-0.1, -0.05) is 26.2 Å². The Morgan fingerprint density at radius 2 is 2.12 bits per heavy atom. The second-order valence-electron chi connectivity index (χ2n) is 4.68. The maximum atomic E-state index is 10.8. The van der Waals surface area contributed by atoms with Crippen LogP contribution in [-0.4, -0.2) is 9.91 Å². The molecule has 1 fully saturated rings. The Kier molecular flexibility index (Phi) is 3.71. The summed E-state index contributed by atoms with van der Waals surface area (Å²) in [6.45, 7) is 2.06. The average molecular weight is 234 g/mol. The molecule has 0 saturated heterocycles. The minimum absolute atomic E-state index is 0.128. The molecule has 0 spiro atoms. The van der Waals surface area contributed by atoms with Crippen LogP contribution in [0.25, 0.3) is 0 Å². The normalized spacial score (nSPS) is 17.0. The van der Waals surface area contributed by atoms with E-state index in [2.05, 4.69) is 11.9 Å². The van der Waals surface area contributed by atoms with Gasteiger partial charge in [-0.2, -0.15) is 0 Å². The SMILES string of the molecule is CCc1ncc([N+](=O)[O-])cc1C1CCCCC1. The summed E-state index contributed by atoms with van der Waals surface area (Å²) in [4.78, 5) is 14.7. The monoisotopic (exact) mass is 234 g/mol. The molecule has 0 N–H and O–H groups in total. The van der Waals surface area contributed by atoms with Crippen LogP contribution in [0.1, 0.15) is 56.2 Å². The fraction of sp³-hybridized carbons (Fsp3) is 0.615.